The maximum atomic E-state index is 13.0. The Labute approximate surface area is 180 Å². The topological polar surface area (TPSA) is 94.5 Å². The molecular weight excluding hydrogens is 402 g/mol. The van der Waals surface area contributed by atoms with Crippen LogP contribution in [0, 0.1) is 0 Å². The first-order valence-corrected chi connectivity index (χ1v) is 9.58. The average molecular weight is 427 g/mol. The Balaban J connectivity index is 2.19. The van der Waals surface area contributed by atoms with Crippen LogP contribution in [0.15, 0.2) is 54.1 Å². The molecule has 1 N–H and O–H groups in total. The summed E-state index contributed by atoms with van der Waals surface area (Å²) < 4.78 is 21.2. The van der Waals surface area contributed by atoms with Crippen molar-refractivity contribution in [2.75, 3.05) is 35.0 Å². The molecule has 1 aliphatic heterocycles. The van der Waals surface area contributed by atoms with Gasteiger partial charge in [0.15, 0.2) is 17.8 Å². The fourth-order valence-corrected chi connectivity index (χ4v) is 3.60. The summed E-state index contributed by atoms with van der Waals surface area (Å²) in [7, 11) is 5.90. The lowest BCUT2D eigenvalue weighted by Gasteiger charge is -2.28. The lowest BCUT2D eigenvalue weighted by atomic mass is 9.95. The number of likely N-dealkylation sites (tertiary alicyclic amines) is 1. The summed E-state index contributed by atoms with van der Waals surface area (Å²) in [6.07, 6.45) is -0.752. The number of amides is 1. The molecule has 0 saturated carbocycles. The van der Waals surface area contributed by atoms with Crippen LogP contribution in [0.2, 0.25) is 0 Å². The first-order chi connectivity index (χ1) is 15.0. The van der Waals surface area contributed by atoms with E-state index in [0.717, 1.165) is 0 Å². The molecule has 1 amide bonds. The van der Waals surface area contributed by atoms with Crippen molar-refractivity contribution in [2.24, 2.45) is 0 Å². The van der Waals surface area contributed by atoms with E-state index >= 15 is 0 Å². The standard InChI is InChI=1S/C23H25NO7/c1-28-16-11-10-15(12-17(16)29-2)20-19(21(25)14-8-6-5-7-9-14)22(26)23(27)24(20)13-18(30-3)31-4/h5-12,18,20,25H,13H2,1-4H3/b21-19-. The largest absolute Gasteiger partial charge is 0.507 e. The molecule has 8 heteroatoms. The summed E-state index contributed by atoms with van der Waals surface area (Å²) >= 11 is 0. The summed E-state index contributed by atoms with van der Waals surface area (Å²) in [6, 6.07) is 12.8. The highest BCUT2D eigenvalue weighted by Crippen LogP contribution is 2.42. The Morgan fingerprint density at radius 1 is 0.968 bits per heavy atom. The number of ketones is 1. The molecule has 0 aliphatic carbocycles. The molecule has 2 aromatic rings. The van der Waals surface area contributed by atoms with Crippen LogP contribution in [-0.4, -0.2) is 63.0 Å². The van der Waals surface area contributed by atoms with Crippen LogP contribution in [0.4, 0.5) is 0 Å². The highest BCUT2D eigenvalue weighted by molar-refractivity contribution is 6.46. The zero-order chi connectivity index (χ0) is 22.5. The van der Waals surface area contributed by atoms with Crippen molar-refractivity contribution in [3.05, 3.63) is 65.2 Å². The van der Waals surface area contributed by atoms with E-state index in [9.17, 15) is 14.7 Å². The minimum atomic E-state index is -0.868. The second-order valence-electron chi connectivity index (χ2n) is 6.83. The zero-order valence-electron chi connectivity index (χ0n) is 17.8. The molecule has 1 saturated heterocycles. The van der Waals surface area contributed by atoms with Gasteiger partial charge >= 0.3 is 0 Å². The molecule has 31 heavy (non-hydrogen) atoms. The maximum Gasteiger partial charge on any atom is 0.295 e. The summed E-state index contributed by atoms with van der Waals surface area (Å²) in [4.78, 5) is 27.3. The highest BCUT2D eigenvalue weighted by atomic mass is 16.7. The number of ether oxygens (including phenoxy) is 4. The minimum Gasteiger partial charge on any atom is -0.507 e. The van der Waals surface area contributed by atoms with Crippen LogP contribution >= 0.6 is 0 Å². The first-order valence-electron chi connectivity index (χ1n) is 9.58. The predicted molar refractivity (Wildman–Crippen MR) is 113 cm³/mol. The van der Waals surface area contributed by atoms with Gasteiger partial charge in [-0.2, -0.15) is 0 Å². The molecule has 164 valence electrons. The number of carbonyl (C=O) groups is 2. The third-order valence-electron chi connectivity index (χ3n) is 5.18. The highest BCUT2D eigenvalue weighted by Gasteiger charge is 2.47. The van der Waals surface area contributed by atoms with Gasteiger partial charge in [0.2, 0.25) is 0 Å². The monoisotopic (exact) mass is 427 g/mol. The van der Waals surface area contributed by atoms with Crippen LogP contribution in [0.3, 0.4) is 0 Å². The third kappa shape index (κ3) is 4.26. The van der Waals surface area contributed by atoms with E-state index in [1.54, 1.807) is 48.5 Å². The molecule has 0 aromatic heterocycles. The summed E-state index contributed by atoms with van der Waals surface area (Å²) in [5.74, 6) is -0.866. The van der Waals surface area contributed by atoms with Gasteiger partial charge < -0.3 is 29.0 Å². The summed E-state index contributed by atoms with van der Waals surface area (Å²) in [5.41, 5.74) is 0.982. The fourth-order valence-electron chi connectivity index (χ4n) is 3.60. The van der Waals surface area contributed by atoms with Gasteiger partial charge in [-0.1, -0.05) is 36.4 Å². The van der Waals surface area contributed by atoms with Crippen LogP contribution in [0.1, 0.15) is 17.2 Å². The van der Waals surface area contributed by atoms with Crippen molar-refractivity contribution in [1.82, 2.24) is 4.90 Å². The van der Waals surface area contributed by atoms with E-state index in [4.69, 9.17) is 18.9 Å². The molecule has 0 radical (unpaired) electrons. The van der Waals surface area contributed by atoms with Gasteiger partial charge in [-0.15, -0.1) is 0 Å². The number of carbonyl (C=O) groups excluding carboxylic acids is 2. The Kier molecular flexibility index (Phi) is 6.94. The van der Waals surface area contributed by atoms with E-state index in [1.807, 2.05) is 0 Å². The average Bonchev–Trinajstić information content (AvgIpc) is 3.06. The number of hydrogen-bond acceptors (Lipinski definition) is 7. The summed E-state index contributed by atoms with van der Waals surface area (Å²) in [5, 5.41) is 11.0. The second-order valence-corrected chi connectivity index (χ2v) is 6.83. The van der Waals surface area contributed by atoms with Crippen LogP contribution in [-0.2, 0) is 19.1 Å². The second kappa shape index (κ2) is 9.63. The molecule has 0 bridgehead atoms. The number of nitrogens with zero attached hydrogens (tertiary/aromatic N) is 1. The molecule has 1 heterocycles. The number of Topliss-reactive ketones (excluding diaryl/α,β-unsaturated/α-hetero) is 1. The van der Waals surface area contributed by atoms with Gasteiger partial charge in [0.1, 0.15) is 5.76 Å². The van der Waals surface area contributed by atoms with Crippen molar-refractivity contribution in [3.63, 3.8) is 0 Å². The van der Waals surface area contributed by atoms with Gasteiger partial charge in [-0.3, -0.25) is 9.59 Å². The van der Waals surface area contributed by atoms with E-state index in [1.165, 1.54) is 33.3 Å². The normalized spacial score (nSPS) is 18.0. The first kappa shape index (κ1) is 22.3. The Bertz CT molecular complexity index is 983. The van der Waals surface area contributed by atoms with Crippen molar-refractivity contribution < 1.29 is 33.6 Å². The van der Waals surface area contributed by atoms with Gasteiger partial charge in [0, 0.05) is 19.8 Å². The van der Waals surface area contributed by atoms with Crippen molar-refractivity contribution in [1.29, 1.82) is 0 Å². The lowest BCUT2D eigenvalue weighted by molar-refractivity contribution is -0.149. The van der Waals surface area contributed by atoms with E-state index in [-0.39, 0.29) is 17.9 Å². The zero-order valence-corrected chi connectivity index (χ0v) is 17.8. The lowest BCUT2D eigenvalue weighted by Crippen LogP contribution is -2.38. The van der Waals surface area contributed by atoms with Crippen LogP contribution < -0.4 is 9.47 Å². The molecule has 1 fully saturated rings. The minimum absolute atomic E-state index is 0.0118. The number of methoxy groups -OCH3 is 4. The Hall–Kier alpha value is -3.36. The Morgan fingerprint density at radius 3 is 2.19 bits per heavy atom. The fraction of sp³-hybridized carbons (Fsp3) is 0.304. The number of hydrogen-bond donors (Lipinski definition) is 1. The molecular formula is C23H25NO7. The SMILES string of the molecule is COc1ccc(C2/C(=C(/O)c3ccccc3)C(=O)C(=O)N2CC(OC)OC)cc1OC. The summed E-state index contributed by atoms with van der Waals surface area (Å²) in [6.45, 7) is -0.0118. The van der Waals surface area contributed by atoms with Crippen LogP contribution in [0.5, 0.6) is 11.5 Å². The number of aliphatic hydroxyl groups is 1. The number of benzene rings is 2. The van der Waals surface area contributed by atoms with E-state index in [2.05, 4.69) is 0 Å². The molecule has 0 spiro atoms. The van der Waals surface area contributed by atoms with Gasteiger partial charge in [0.25, 0.3) is 11.7 Å². The smallest absolute Gasteiger partial charge is 0.295 e. The van der Waals surface area contributed by atoms with Crippen molar-refractivity contribution in [2.45, 2.75) is 12.3 Å². The predicted octanol–water partition coefficient (Wildman–Crippen LogP) is 2.74. The third-order valence-corrected chi connectivity index (χ3v) is 5.18. The Morgan fingerprint density at radius 2 is 1.61 bits per heavy atom. The van der Waals surface area contributed by atoms with E-state index < -0.39 is 24.0 Å². The van der Waals surface area contributed by atoms with Crippen LogP contribution in [0.25, 0.3) is 5.76 Å². The van der Waals surface area contributed by atoms with Gasteiger partial charge in [-0.05, 0) is 17.7 Å². The van der Waals surface area contributed by atoms with Gasteiger partial charge in [-0.25, -0.2) is 0 Å². The van der Waals surface area contributed by atoms with Crippen molar-refractivity contribution in [3.8, 4) is 11.5 Å². The molecule has 1 aliphatic rings. The maximum absolute atomic E-state index is 13.0. The van der Waals surface area contributed by atoms with Gasteiger partial charge in [0.05, 0.1) is 32.4 Å². The molecule has 3 rings (SSSR count). The quantitative estimate of drug-likeness (QED) is 0.300. The number of aliphatic hydroxyl groups excluding tert-OH is 1. The number of rotatable bonds is 8. The molecule has 1 unspecified atom stereocenters. The van der Waals surface area contributed by atoms with E-state index in [0.29, 0.717) is 22.6 Å². The van der Waals surface area contributed by atoms with Crippen molar-refractivity contribution >= 4 is 17.4 Å². The molecule has 1 atom stereocenters. The molecule has 8 nitrogen and oxygen atoms in total. The molecule has 2 aromatic carbocycles.